The molecule has 0 amide bonds. The number of benzene rings is 1. The van der Waals surface area contributed by atoms with Gasteiger partial charge in [0.25, 0.3) is 0 Å². The van der Waals surface area contributed by atoms with Crippen LogP contribution in [0.2, 0.25) is 0 Å². The fourth-order valence-corrected chi connectivity index (χ4v) is 3.72. The van der Waals surface area contributed by atoms with Crippen molar-refractivity contribution in [2.45, 2.75) is 37.6 Å². The van der Waals surface area contributed by atoms with Gasteiger partial charge in [-0.05, 0) is 61.7 Å². The zero-order valence-corrected chi connectivity index (χ0v) is 13.1. The lowest BCUT2D eigenvalue weighted by molar-refractivity contribution is 0.0808. The molecule has 1 saturated heterocycles. The molecule has 1 heterocycles. The van der Waals surface area contributed by atoms with E-state index in [-0.39, 0.29) is 0 Å². The van der Waals surface area contributed by atoms with Gasteiger partial charge in [0.2, 0.25) is 0 Å². The molecule has 1 atom stereocenters. The first-order valence-corrected chi connectivity index (χ1v) is 8.35. The highest BCUT2D eigenvalue weighted by Crippen LogP contribution is 2.43. The molecular weight excluding hydrogens is 260 g/mol. The van der Waals surface area contributed by atoms with E-state index in [9.17, 15) is 0 Å². The van der Waals surface area contributed by atoms with Crippen molar-refractivity contribution < 1.29 is 4.74 Å². The largest absolute Gasteiger partial charge is 0.384 e. The van der Waals surface area contributed by atoms with Gasteiger partial charge in [0.1, 0.15) is 0 Å². The third-order valence-electron chi connectivity index (χ3n) is 5.09. The quantitative estimate of drug-likeness (QED) is 0.874. The maximum absolute atomic E-state index is 6.15. The van der Waals surface area contributed by atoms with Gasteiger partial charge in [-0.3, -0.25) is 4.90 Å². The summed E-state index contributed by atoms with van der Waals surface area (Å²) in [7, 11) is 1.81. The summed E-state index contributed by atoms with van der Waals surface area (Å²) in [5.41, 5.74) is 9.18. The molecule has 21 heavy (non-hydrogen) atoms. The maximum atomic E-state index is 6.15. The average molecular weight is 288 g/mol. The molecule has 2 fully saturated rings. The maximum Gasteiger partial charge on any atom is 0.0491 e. The van der Waals surface area contributed by atoms with Crippen molar-refractivity contribution >= 4 is 0 Å². The zero-order chi connectivity index (χ0) is 14.7. The van der Waals surface area contributed by atoms with Gasteiger partial charge >= 0.3 is 0 Å². The third-order valence-corrected chi connectivity index (χ3v) is 5.09. The second-order valence-electron chi connectivity index (χ2n) is 6.59. The van der Waals surface area contributed by atoms with Gasteiger partial charge < -0.3 is 10.5 Å². The van der Waals surface area contributed by atoms with E-state index >= 15 is 0 Å². The topological polar surface area (TPSA) is 38.5 Å². The highest BCUT2D eigenvalue weighted by Gasteiger charge is 2.31. The van der Waals surface area contributed by atoms with Gasteiger partial charge in [-0.1, -0.05) is 24.3 Å². The predicted molar refractivity (Wildman–Crippen MR) is 86.4 cm³/mol. The fraction of sp³-hybridized carbons (Fsp3) is 0.667. The second kappa shape index (κ2) is 6.91. The summed E-state index contributed by atoms with van der Waals surface area (Å²) < 4.78 is 5.30. The van der Waals surface area contributed by atoms with Gasteiger partial charge in [-0.2, -0.15) is 0 Å². The summed E-state index contributed by atoms with van der Waals surface area (Å²) in [5.74, 6) is 1.52. The van der Waals surface area contributed by atoms with Crippen LogP contribution in [0.4, 0.5) is 0 Å². The van der Waals surface area contributed by atoms with Gasteiger partial charge in [0.05, 0.1) is 0 Å². The van der Waals surface area contributed by atoms with Crippen molar-refractivity contribution in [3.63, 3.8) is 0 Å². The summed E-state index contributed by atoms with van der Waals surface area (Å²) in [6.45, 7) is 3.92. The van der Waals surface area contributed by atoms with Crippen molar-refractivity contribution in [3.05, 3.63) is 35.4 Å². The van der Waals surface area contributed by atoms with Crippen molar-refractivity contribution in [2.24, 2.45) is 11.7 Å². The van der Waals surface area contributed by atoms with Crippen LogP contribution < -0.4 is 5.73 Å². The normalized spacial score (nSPS) is 22.4. The van der Waals surface area contributed by atoms with Crippen molar-refractivity contribution in [1.29, 1.82) is 0 Å². The Labute approximate surface area is 128 Å². The minimum absolute atomic E-state index is 0.394. The molecule has 1 aromatic carbocycles. The van der Waals surface area contributed by atoms with Crippen LogP contribution >= 0.6 is 0 Å². The first-order chi connectivity index (χ1) is 10.3. The molecule has 0 spiro atoms. The Morgan fingerprint density at radius 1 is 1.19 bits per heavy atom. The number of piperidine rings is 1. The third kappa shape index (κ3) is 3.47. The monoisotopic (exact) mass is 288 g/mol. The van der Waals surface area contributed by atoms with E-state index in [4.69, 9.17) is 10.5 Å². The smallest absolute Gasteiger partial charge is 0.0491 e. The standard InChI is InChI=1S/C18H28N2O/c1-21-13-14-8-10-20(11-9-14)18(12-19)17-5-3-2-4-16(17)15-6-7-15/h2-5,14-15,18H,6-13,19H2,1H3. The number of nitrogens with two attached hydrogens (primary N) is 1. The van der Waals surface area contributed by atoms with E-state index in [1.807, 2.05) is 0 Å². The summed E-state index contributed by atoms with van der Waals surface area (Å²) in [5, 5.41) is 0. The Kier molecular flexibility index (Phi) is 4.94. The SMILES string of the molecule is COCC1CCN(C(CN)c2ccccc2C2CC2)CC1. The number of rotatable bonds is 6. The molecule has 1 aromatic rings. The summed E-state index contributed by atoms with van der Waals surface area (Å²) in [6, 6.07) is 9.35. The van der Waals surface area contributed by atoms with Crippen LogP contribution in [0.25, 0.3) is 0 Å². The number of ether oxygens (including phenoxy) is 1. The minimum Gasteiger partial charge on any atom is -0.384 e. The van der Waals surface area contributed by atoms with Crippen LogP contribution in [0.15, 0.2) is 24.3 Å². The zero-order valence-electron chi connectivity index (χ0n) is 13.1. The van der Waals surface area contributed by atoms with E-state index in [0.29, 0.717) is 6.04 Å². The molecule has 0 radical (unpaired) electrons. The minimum atomic E-state index is 0.394. The molecule has 1 aliphatic carbocycles. The van der Waals surface area contributed by atoms with Crippen LogP contribution in [0, 0.1) is 5.92 Å². The fourth-order valence-electron chi connectivity index (χ4n) is 3.72. The van der Waals surface area contributed by atoms with E-state index in [1.54, 1.807) is 12.7 Å². The molecule has 1 aliphatic heterocycles. The number of methoxy groups -OCH3 is 1. The van der Waals surface area contributed by atoms with E-state index in [0.717, 1.165) is 38.1 Å². The number of nitrogens with zero attached hydrogens (tertiary/aromatic N) is 1. The number of hydrogen-bond donors (Lipinski definition) is 1. The summed E-state index contributed by atoms with van der Waals surface area (Å²) in [4.78, 5) is 2.59. The van der Waals surface area contributed by atoms with E-state index in [1.165, 1.54) is 31.2 Å². The first-order valence-electron chi connectivity index (χ1n) is 8.35. The molecule has 0 bridgehead atoms. The number of hydrogen-bond acceptors (Lipinski definition) is 3. The molecule has 0 aromatic heterocycles. The van der Waals surface area contributed by atoms with Gasteiger partial charge in [-0.25, -0.2) is 0 Å². The molecular formula is C18H28N2O. The van der Waals surface area contributed by atoms with E-state index < -0.39 is 0 Å². The van der Waals surface area contributed by atoms with Crippen molar-refractivity contribution in [3.8, 4) is 0 Å². The lowest BCUT2D eigenvalue weighted by Crippen LogP contribution is -2.40. The Bertz CT molecular complexity index is 450. The Hall–Kier alpha value is -0.900. The average Bonchev–Trinajstić information content (AvgIpc) is 3.35. The Balaban J connectivity index is 1.71. The van der Waals surface area contributed by atoms with Gasteiger partial charge in [0, 0.05) is 26.3 Å². The molecule has 1 unspecified atom stereocenters. The van der Waals surface area contributed by atoms with Gasteiger partial charge in [-0.15, -0.1) is 0 Å². The Morgan fingerprint density at radius 3 is 2.52 bits per heavy atom. The highest BCUT2D eigenvalue weighted by molar-refractivity contribution is 5.36. The van der Waals surface area contributed by atoms with Crippen LogP contribution in [0.3, 0.4) is 0 Å². The Morgan fingerprint density at radius 2 is 1.90 bits per heavy atom. The lowest BCUT2D eigenvalue weighted by atomic mass is 9.92. The molecule has 116 valence electrons. The lowest BCUT2D eigenvalue weighted by Gasteiger charge is -2.38. The predicted octanol–water partition coefficient (Wildman–Crippen LogP) is 2.92. The second-order valence-corrected chi connectivity index (χ2v) is 6.59. The molecule has 1 saturated carbocycles. The van der Waals surface area contributed by atoms with Gasteiger partial charge in [0.15, 0.2) is 0 Å². The molecule has 3 rings (SSSR count). The van der Waals surface area contributed by atoms with Crippen LogP contribution in [-0.2, 0) is 4.74 Å². The van der Waals surface area contributed by atoms with Crippen LogP contribution in [0.5, 0.6) is 0 Å². The molecule has 3 nitrogen and oxygen atoms in total. The van der Waals surface area contributed by atoms with E-state index in [2.05, 4.69) is 29.2 Å². The van der Waals surface area contributed by atoms with Crippen molar-refractivity contribution in [2.75, 3.05) is 33.4 Å². The molecule has 3 heteroatoms. The molecule has 2 N–H and O–H groups in total. The van der Waals surface area contributed by atoms with Crippen LogP contribution in [0.1, 0.15) is 48.8 Å². The van der Waals surface area contributed by atoms with Crippen molar-refractivity contribution in [1.82, 2.24) is 4.90 Å². The highest BCUT2D eigenvalue weighted by atomic mass is 16.5. The number of likely N-dealkylation sites (tertiary alicyclic amines) is 1. The summed E-state index contributed by atoms with van der Waals surface area (Å²) in [6.07, 6.45) is 5.17. The summed E-state index contributed by atoms with van der Waals surface area (Å²) >= 11 is 0. The van der Waals surface area contributed by atoms with Crippen LogP contribution in [-0.4, -0.2) is 38.3 Å². The first kappa shape index (κ1) is 15.0. The molecule has 2 aliphatic rings.